The summed E-state index contributed by atoms with van der Waals surface area (Å²) in [5.41, 5.74) is 0. The zero-order valence-electron chi connectivity index (χ0n) is 15.1. The molecule has 7 nitrogen and oxygen atoms in total. The third-order valence-electron chi connectivity index (χ3n) is 4.70. The molecule has 0 saturated carbocycles. The molecule has 1 fully saturated rings. The number of ether oxygens (including phenoxy) is 1. The van der Waals surface area contributed by atoms with Crippen LogP contribution in [0, 0.1) is 5.82 Å². The Balaban J connectivity index is 1.65. The minimum atomic E-state index is -3.65. The molecule has 2 heterocycles. The molecule has 0 N–H and O–H groups in total. The van der Waals surface area contributed by atoms with Crippen LogP contribution in [0.2, 0.25) is 0 Å². The third kappa shape index (κ3) is 4.05. The molecule has 1 aromatic carbocycles. The largest absolute Gasteiger partial charge is 0.463 e. The molecule has 0 radical (unpaired) electrons. The van der Waals surface area contributed by atoms with Crippen molar-refractivity contribution in [1.29, 1.82) is 0 Å². The van der Waals surface area contributed by atoms with E-state index in [2.05, 4.69) is 9.64 Å². The predicted octanol–water partition coefficient (Wildman–Crippen LogP) is 2.27. The van der Waals surface area contributed by atoms with Crippen molar-refractivity contribution in [2.24, 2.45) is 0 Å². The van der Waals surface area contributed by atoms with Gasteiger partial charge in [-0.1, -0.05) is 0 Å². The summed E-state index contributed by atoms with van der Waals surface area (Å²) in [7, 11) is -2.36. The van der Waals surface area contributed by atoms with E-state index in [-0.39, 0.29) is 16.7 Å². The van der Waals surface area contributed by atoms with E-state index in [1.807, 2.05) is 6.92 Å². The van der Waals surface area contributed by atoms with E-state index >= 15 is 0 Å². The molecule has 1 aromatic heterocycles. The Labute approximate surface area is 157 Å². The number of benzene rings is 1. The van der Waals surface area contributed by atoms with Crippen LogP contribution in [0.3, 0.4) is 0 Å². The number of carbonyl (C=O) groups is 1. The first-order valence-corrected chi connectivity index (χ1v) is 9.95. The van der Waals surface area contributed by atoms with Gasteiger partial charge in [0.15, 0.2) is 0 Å². The van der Waals surface area contributed by atoms with Gasteiger partial charge in [0.1, 0.15) is 11.6 Å². The van der Waals surface area contributed by atoms with Crippen molar-refractivity contribution in [2.75, 3.05) is 33.3 Å². The van der Waals surface area contributed by atoms with Crippen molar-refractivity contribution in [3.8, 4) is 0 Å². The zero-order valence-corrected chi connectivity index (χ0v) is 15.9. The fourth-order valence-electron chi connectivity index (χ4n) is 3.05. The van der Waals surface area contributed by atoms with E-state index < -0.39 is 21.8 Å². The molecule has 9 heteroatoms. The average molecular weight is 396 g/mol. The lowest BCUT2D eigenvalue weighted by Gasteiger charge is -2.36. The standard InChI is InChI=1S/C18H21FN2O5S/c1-13(16-7-8-17(26-16)18(22)25-2)20-9-11-21(12-10-20)27(23,24)15-5-3-14(19)4-6-15/h3-8,13H,9-12H2,1-2H3. The van der Waals surface area contributed by atoms with Crippen molar-refractivity contribution >= 4 is 16.0 Å². The van der Waals surface area contributed by atoms with Crippen LogP contribution in [-0.4, -0.2) is 56.9 Å². The summed E-state index contributed by atoms with van der Waals surface area (Å²) < 4.78 is 50.0. The van der Waals surface area contributed by atoms with Crippen LogP contribution in [-0.2, 0) is 14.8 Å². The Bertz CT molecular complexity index is 902. The number of methoxy groups -OCH3 is 1. The molecular formula is C18H21FN2O5S. The Hall–Kier alpha value is -2.23. The number of nitrogens with zero attached hydrogens (tertiary/aromatic N) is 2. The normalized spacial score (nSPS) is 17.6. The first-order valence-electron chi connectivity index (χ1n) is 8.50. The maximum absolute atomic E-state index is 13.0. The van der Waals surface area contributed by atoms with E-state index in [0.717, 1.165) is 12.1 Å². The molecule has 1 atom stereocenters. The van der Waals surface area contributed by atoms with Gasteiger partial charge in [-0.05, 0) is 43.3 Å². The first kappa shape index (κ1) is 19.5. The molecule has 1 unspecified atom stereocenters. The molecular weight excluding hydrogens is 375 g/mol. The molecule has 3 rings (SSSR count). The van der Waals surface area contributed by atoms with E-state index in [0.29, 0.717) is 31.9 Å². The first-order chi connectivity index (χ1) is 12.8. The van der Waals surface area contributed by atoms with Crippen molar-refractivity contribution < 1.29 is 26.8 Å². The second kappa shape index (κ2) is 7.79. The number of hydrogen-bond acceptors (Lipinski definition) is 6. The van der Waals surface area contributed by atoms with Gasteiger partial charge in [0, 0.05) is 26.2 Å². The van der Waals surface area contributed by atoms with Crippen molar-refractivity contribution in [3.63, 3.8) is 0 Å². The van der Waals surface area contributed by atoms with Crippen molar-refractivity contribution in [2.45, 2.75) is 17.9 Å². The Morgan fingerprint density at radius 2 is 1.74 bits per heavy atom. The summed E-state index contributed by atoms with van der Waals surface area (Å²) in [5, 5.41) is 0. The molecule has 0 aliphatic carbocycles. The quantitative estimate of drug-likeness (QED) is 0.722. The van der Waals surface area contributed by atoms with Crippen LogP contribution < -0.4 is 0 Å². The number of hydrogen-bond donors (Lipinski definition) is 0. The van der Waals surface area contributed by atoms with Crippen LogP contribution in [0.5, 0.6) is 0 Å². The summed E-state index contributed by atoms with van der Waals surface area (Å²) in [4.78, 5) is 13.7. The van der Waals surface area contributed by atoms with E-state index in [4.69, 9.17) is 4.42 Å². The van der Waals surface area contributed by atoms with Crippen molar-refractivity contribution in [1.82, 2.24) is 9.21 Å². The molecule has 146 valence electrons. The summed E-state index contributed by atoms with van der Waals surface area (Å²) in [6.45, 7) is 3.58. The number of piperazine rings is 1. The molecule has 0 spiro atoms. The highest BCUT2D eigenvalue weighted by Crippen LogP contribution is 2.26. The summed E-state index contributed by atoms with van der Waals surface area (Å²) in [6, 6.07) is 8.00. The summed E-state index contributed by atoms with van der Waals surface area (Å²) in [6.07, 6.45) is 0. The minimum absolute atomic E-state index is 0.0825. The Kier molecular flexibility index (Phi) is 5.64. The smallest absolute Gasteiger partial charge is 0.373 e. The lowest BCUT2D eigenvalue weighted by Crippen LogP contribution is -2.49. The Morgan fingerprint density at radius 3 is 2.33 bits per heavy atom. The topological polar surface area (TPSA) is 80.1 Å². The van der Waals surface area contributed by atoms with E-state index in [1.165, 1.54) is 23.5 Å². The van der Waals surface area contributed by atoms with Gasteiger partial charge in [0.2, 0.25) is 15.8 Å². The number of carbonyl (C=O) groups excluding carboxylic acids is 1. The van der Waals surface area contributed by atoms with Gasteiger partial charge in [0.05, 0.1) is 18.0 Å². The van der Waals surface area contributed by atoms with Crippen LogP contribution in [0.25, 0.3) is 0 Å². The highest BCUT2D eigenvalue weighted by atomic mass is 32.2. The lowest BCUT2D eigenvalue weighted by molar-refractivity contribution is 0.0556. The minimum Gasteiger partial charge on any atom is -0.463 e. The number of halogens is 1. The van der Waals surface area contributed by atoms with Gasteiger partial charge in [-0.3, -0.25) is 4.90 Å². The third-order valence-corrected chi connectivity index (χ3v) is 6.61. The zero-order chi connectivity index (χ0) is 19.6. The molecule has 2 aromatic rings. The van der Waals surface area contributed by atoms with Crippen LogP contribution in [0.4, 0.5) is 4.39 Å². The van der Waals surface area contributed by atoms with E-state index in [9.17, 15) is 17.6 Å². The number of sulfonamides is 1. The van der Waals surface area contributed by atoms with Crippen LogP contribution >= 0.6 is 0 Å². The molecule has 1 aliphatic heterocycles. The van der Waals surface area contributed by atoms with Gasteiger partial charge in [0.25, 0.3) is 0 Å². The number of furan rings is 1. The van der Waals surface area contributed by atoms with Crippen molar-refractivity contribution in [3.05, 3.63) is 53.7 Å². The highest BCUT2D eigenvalue weighted by Gasteiger charge is 2.31. The maximum Gasteiger partial charge on any atom is 0.373 e. The van der Waals surface area contributed by atoms with Gasteiger partial charge < -0.3 is 9.15 Å². The van der Waals surface area contributed by atoms with Gasteiger partial charge in [-0.2, -0.15) is 4.31 Å². The molecule has 1 saturated heterocycles. The Morgan fingerprint density at radius 1 is 1.11 bits per heavy atom. The van der Waals surface area contributed by atoms with Gasteiger partial charge in [-0.25, -0.2) is 17.6 Å². The molecule has 0 bridgehead atoms. The maximum atomic E-state index is 13.0. The highest BCUT2D eigenvalue weighted by molar-refractivity contribution is 7.89. The van der Waals surface area contributed by atoms with Gasteiger partial charge >= 0.3 is 5.97 Å². The molecule has 1 aliphatic rings. The monoisotopic (exact) mass is 396 g/mol. The fourth-order valence-corrected chi connectivity index (χ4v) is 4.48. The summed E-state index contributed by atoms with van der Waals surface area (Å²) >= 11 is 0. The number of esters is 1. The lowest BCUT2D eigenvalue weighted by atomic mass is 10.2. The second-order valence-electron chi connectivity index (χ2n) is 6.26. The summed E-state index contributed by atoms with van der Waals surface area (Å²) in [5.74, 6) is -0.261. The average Bonchev–Trinajstić information content (AvgIpc) is 3.17. The predicted molar refractivity (Wildman–Crippen MR) is 95.2 cm³/mol. The second-order valence-corrected chi connectivity index (χ2v) is 8.20. The van der Waals surface area contributed by atoms with Crippen LogP contribution in [0.15, 0.2) is 45.7 Å². The fraction of sp³-hybridized carbons (Fsp3) is 0.389. The SMILES string of the molecule is COC(=O)c1ccc(C(C)N2CCN(S(=O)(=O)c3ccc(F)cc3)CC2)o1. The number of rotatable bonds is 5. The molecule has 0 amide bonds. The van der Waals surface area contributed by atoms with Gasteiger partial charge in [-0.15, -0.1) is 0 Å². The molecule has 27 heavy (non-hydrogen) atoms. The van der Waals surface area contributed by atoms with Crippen LogP contribution in [0.1, 0.15) is 29.3 Å². The van der Waals surface area contributed by atoms with E-state index in [1.54, 1.807) is 12.1 Å².